The molecule has 0 bridgehead atoms. The number of hydrogen-bond acceptors (Lipinski definition) is 4. The van der Waals surface area contributed by atoms with E-state index < -0.39 is 10.0 Å². The molecular weight excluding hydrogens is 400 g/mol. The van der Waals surface area contributed by atoms with Crippen LogP contribution in [0.15, 0.2) is 53.4 Å². The average molecular weight is 429 g/mol. The van der Waals surface area contributed by atoms with Gasteiger partial charge in [-0.25, -0.2) is 8.42 Å². The lowest BCUT2D eigenvalue weighted by Crippen LogP contribution is -2.35. The van der Waals surface area contributed by atoms with Crippen LogP contribution in [0.1, 0.15) is 55.3 Å². The molecule has 2 aromatic carbocycles. The summed E-state index contributed by atoms with van der Waals surface area (Å²) >= 11 is 0. The summed E-state index contributed by atoms with van der Waals surface area (Å²) in [7, 11) is -3.57. The van der Waals surface area contributed by atoms with Crippen molar-refractivity contribution in [3.63, 3.8) is 0 Å². The Bertz CT molecular complexity index is 977. The third-order valence-electron chi connectivity index (χ3n) is 5.77. The quantitative estimate of drug-likeness (QED) is 0.738. The van der Waals surface area contributed by atoms with Crippen LogP contribution in [0.3, 0.4) is 0 Å². The van der Waals surface area contributed by atoms with E-state index in [4.69, 9.17) is 4.74 Å². The van der Waals surface area contributed by atoms with E-state index >= 15 is 0 Å². The number of rotatable bonds is 6. The molecule has 0 atom stereocenters. The molecule has 30 heavy (non-hydrogen) atoms. The number of amides is 1. The van der Waals surface area contributed by atoms with Crippen molar-refractivity contribution >= 4 is 21.6 Å². The molecule has 1 amide bonds. The van der Waals surface area contributed by atoms with Gasteiger partial charge in [-0.15, -0.1) is 0 Å². The normalized spacial score (nSPS) is 18.3. The smallest absolute Gasteiger partial charge is 0.255 e. The maximum atomic E-state index is 12.9. The first-order valence-corrected chi connectivity index (χ1v) is 12.1. The summed E-state index contributed by atoms with van der Waals surface area (Å²) in [6.07, 6.45) is 7.70. The van der Waals surface area contributed by atoms with Crippen LogP contribution in [0.4, 0.5) is 5.69 Å². The zero-order valence-corrected chi connectivity index (χ0v) is 17.9. The van der Waals surface area contributed by atoms with Crippen LogP contribution in [0.25, 0.3) is 0 Å². The number of nitrogens with zero attached hydrogens (tertiary/aromatic N) is 1. The Labute approximate surface area is 178 Å². The number of carbonyl (C=O) groups excluding carboxylic acids is 1. The fourth-order valence-corrected chi connectivity index (χ4v) is 5.63. The van der Waals surface area contributed by atoms with Crippen LogP contribution in [0.2, 0.25) is 0 Å². The number of carbonyl (C=O) groups is 1. The minimum atomic E-state index is -3.57. The SMILES string of the molecule is O=C(Nc1ccc(OC2CCCC2)cc1)c1cccc(S(=O)(=O)N2CCCCC2)c1. The van der Waals surface area contributed by atoms with Gasteiger partial charge in [-0.05, 0) is 81.0 Å². The van der Waals surface area contributed by atoms with Crippen LogP contribution in [0, 0.1) is 0 Å². The fraction of sp³-hybridized carbons (Fsp3) is 0.435. The number of hydrogen-bond donors (Lipinski definition) is 1. The molecule has 2 aliphatic rings. The van der Waals surface area contributed by atoms with Gasteiger partial charge in [0, 0.05) is 24.3 Å². The Morgan fingerprint density at radius 2 is 1.63 bits per heavy atom. The summed E-state index contributed by atoms with van der Waals surface area (Å²) in [6, 6.07) is 13.6. The van der Waals surface area contributed by atoms with Crippen LogP contribution >= 0.6 is 0 Å². The summed E-state index contributed by atoms with van der Waals surface area (Å²) in [4.78, 5) is 12.8. The van der Waals surface area contributed by atoms with E-state index in [1.807, 2.05) is 12.1 Å². The molecule has 4 rings (SSSR count). The first kappa shape index (κ1) is 20.9. The third-order valence-corrected chi connectivity index (χ3v) is 7.66. The van der Waals surface area contributed by atoms with Crippen molar-refractivity contribution in [3.8, 4) is 5.75 Å². The van der Waals surface area contributed by atoms with Crippen molar-refractivity contribution in [3.05, 3.63) is 54.1 Å². The Hall–Kier alpha value is -2.38. The second-order valence-electron chi connectivity index (χ2n) is 8.00. The van der Waals surface area contributed by atoms with Gasteiger partial charge in [-0.1, -0.05) is 12.5 Å². The molecule has 7 heteroatoms. The molecule has 1 saturated carbocycles. The van der Waals surface area contributed by atoms with Crippen LogP contribution in [-0.4, -0.2) is 37.8 Å². The number of anilines is 1. The lowest BCUT2D eigenvalue weighted by atomic mass is 10.2. The van der Waals surface area contributed by atoms with E-state index in [1.165, 1.54) is 23.2 Å². The van der Waals surface area contributed by atoms with Gasteiger partial charge in [0.1, 0.15) is 5.75 Å². The Kier molecular flexibility index (Phi) is 6.39. The van der Waals surface area contributed by atoms with Crippen molar-refractivity contribution in [2.24, 2.45) is 0 Å². The lowest BCUT2D eigenvalue weighted by Gasteiger charge is -2.26. The van der Waals surface area contributed by atoms with Gasteiger partial charge < -0.3 is 10.1 Å². The van der Waals surface area contributed by atoms with E-state index in [-0.39, 0.29) is 16.9 Å². The van der Waals surface area contributed by atoms with E-state index in [0.29, 0.717) is 24.3 Å². The summed E-state index contributed by atoms with van der Waals surface area (Å²) in [5.74, 6) is 0.463. The summed E-state index contributed by atoms with van der Waals surface area (Å²) < 4.78 is 33.2. The van der Waals surface area contributed by atoms with Gasteiger partial charge in [0.25, 0.3) is 5.91 Å². The summed E-state index contributed by atoms with van der Waals surface area (Å²) in [6.45, 7) is 1.07. The van der Waals surface area contributed by atoms with Crippen molar-refractivity contribution in [1.29, 1.82) is 0 Å². The van der Waals surface area contributed by atoms with E-state index in [0.717, 1.165) is 37.9 Å². The number of sulfonamides is 1. The summed E-state index contributed by atoms with van der Waals surface area (Å²) in [5, 5.41) is 2.83. The van der Waals surface area contributed by atoms with Gasteiger partial charge in [0.15, 0.2) is 0 Å². The van der Waals surface area contributed by atoms with Crippen molar-refractivity contribution in [1.82, 2.24) is 4.31 Å². The minimum absolute atomic E-state index is 0.164. The van der Waals surface area contributed by atoms with Gasteiger partial charge in [-0.3, -0.25) is 4.79 Å². The largest absolute Gasteiger partial charge is 0.490 e. The topological polar surface area (TPSA) is 75.7 Å². The highest BCUT2D eigenvalue weighted by molar-refractivity contribution is 7.89. The molecule has 2 fully saturated rings. The van der Waals surface area contributed by atoms with Crippen LogP contribution < -0.4 is 10.1 Å². The van der Waals surface area contributed by atoms with Crippen LogP contribution in [0.5, 0.6) is 5.75 Å². The summed E-state index contributed by atoms with van der Waals surface area (Å²) in [5.41, 5.74) is 0.961. The standard InChI is InChI=1S/C23H28N2O4S/c26-23(24-19-11-13-21(14-12-19)29-20-8-2-3-9-20)18-7-6-10-22(17-18)30(27,28)25-15-4-1-5-16-25/h6-7,10-14,17,20H,1-5,8-9,15-16H2,(H,24,26). The van der Waals surface area contributed by atoms with E-state index in [9.17, 15) is 13.2 Å². The molecule has 0 aromatic heterocycles. The van der Waals surface area contributed by atoms with E-state index in [1.54, 1.807) is 30.3 Å². The number of piperidine rings is 1. The lowest BCUT2D eigenvalue weighted by molar-refractivity contribution is 0.102. The molecule has 0 unspecified atom stereocenters. The number of benzene rings is 2. The first-order valence-electron chi connectivity index (χ1n) is 10.7. The maximum absolute atomic E-state index is 12.9. The zero-order chi connectivity index (χ0) is 21.0. The maximum Gasteiger partial charge on any atom is 0.255 e. The van der Waals surface area contributed by atoms with Gasteiger partial charge in [-0.2, -0.15) is 4.31 Å². The Balaban J connectivity index is 1.42. The predicted molar refractivity (Wildman–Crippen MR) is 116 cm³/mol. The molecule has 1 heterocycles. The minimum Gasteiger partial charge on any atom is -0.490 e. The van der Waals surface area contributed by atoms with Crippen molar-refractivity contribution in [2.75, 3.05) is 18.4 Å². The monoisotopic (exact) mass is 428 g/mol. The molecular formula is C23H28N2O4S. The molecule has 1 aliphatic carbocycles. The fourth-order valence-electron chi connectivity index (χ4n) is 4.07. The second kappa shape index (κ2) is 9.18. The van der Waals surface area contributed by atoms with Crippen LogP contribution in [-0.2, 0) is 10.0 Å². The first-order chi connectivity index (χ1) is 14.5. The molecule has 1 N–H and O–H groups in total. The molecule has 1 aliphatic heterocycles. The molecule has 0 radical (unpaired) electrons. The average Bonchev–Trinajstić information content (AvgIpc) is 3.29. The third kappa shape index (κ3) is 4.84. The zero-order valence-electron chi connectivity index (χ0n) is 17.0. The molecule has 0 spiro atoms. The Morgan fingerprint density at radius 3 is 2.33 bits per heavy atom. The second-order valence-corrected chi connectivity index (χ2v) is 9.93. The van der Waals surface area contributed by atoms with Gasteiger partial charge in [0.05, 0.1) is 11.0 Å². The van der Waals surface area contributed by atoms with Crippen molar-refractivity contribution in [2.45, 2.75) is 55.9 Å². The van der Waals surface area contributed by atoms with Gasteiger partial charge in [0.2, 0.25) is 10.0 Å². The van der Waals surface area contributed by atoms with E-state index in [2.05, 4.69) is 5.32 Å². The van der Waals surface area contributed by atoms with Crippen molar-refractivity contribution < 1.29 is 17.9 Å². The highest BCUT2D eigenvalue weighted by Gasteiger charge is 2.26. The highest BCUT2D eigenvalue weighted by atomic mass is 32.2. The van der Waals surface area contributed by atoms with Gasteiger partial charge >= 0.3 is 0 Å². The molecule has 1 saturated heterocycles. The molecule has 160 valence electrons. The predicted octanol–water partition coefficient (Wildman–Crippen LogP) is 4.43. The molecule has 6 nitrogen and oxygen atoms in total. The Morgan fingerprint density at radius 1 is 0.933 bits per heavy atom. The number of ether oxygens (including phenoxy) is 1. The highest BCUT2D eigenvalue weighted by Crippen LogP contribution is 2.25. The number of nitrogens with one attached hydrogen (secondary N) is 1. The molecule has 2 aromatic rings.